The number of rotatable bonds is 4. The van der Waals surface area contributed by atoms with Crippen molar-refractivity contribution in [2.75, 3.05) is 6.54 Å². The van der Waals surface area contributed by atoms with Gasteiger partial charge in [-0.25, -0.2) is 0 Å². The van der Waals surface area contributed by atoms with Crippen LogP contribution in [0.2, 0.25) is 0 Å². The van der Waals surface area contributed by atoms with Crippen LogP contribution < -0.4 is 5.73 Å². The molecule has 0 fully saturated rings. The molecule has 0 aliphatic carbocycles. The third kappa shape index (κ3) is 2.70. The monoisotopic (exact) mass is 197 g/mol. The first kappa shape index (κ1) is 11.0. The minimum absolute atomic E-state index is 0.134. The molecule has 0 heterocycles. The highest BCUT2D eigenvalue weighted by Crippen LogP contribution is 2.20. The fourth-order valence-electron chi connectivity index (χ4n) is 1.22. The van der Waals surface area contributed by atoms with E-state index in [-0.39, 0.29) is 5.75 Å². The minimum Gasteiger partial charge on any atom is -0.508 e. The summed E-state index contributed by atoms with van der Waals surface area (Å²) in [6, 6.07) is 6.07. The maximum absolute atomic E-state index is 9.62. The van der Waals surface area contributed by atoms with E-state index in [4.69, 9.17) is 10.8 Å². The summed E-state index contributed by atoms with van der Waals surface area (Å²) in [4.78, 5) is 0. The standard InChI is InChI=1S/C10H15NO3/c11-6-5-9(13)10(14)7-1-3-8(12)4-2-7/h1-4,9-10,12-14H,5-6,11H2. The third-order valence-corrected chi connectivity index (χ3v) is 2.06. The summed E-state index contributed by atoms with van der Waals surface area (Å²) in [6.45, 7) is 0.330. The van der Waals surface area contributed by atoms with Gasteiger partial charge in [0.2, 0.25) is 0 Å². The Morgan fingerprint density at radius 2 is 1.71 bits per heavy atom. The summed E-state index contributed by atoms with van der Waals surface area (Å²) in [6.07, 6.45) is -1.45. The van der Waals surface area contributed by atoms with Gasteiger partial charge >= 0.3 is 0 Å². The van der Waals surface area contributed by atoms with Crippen LogP contribution in [0.25, 0.3) is 0 Å². The molecule has 14 heavy (non-hydrogen) atoms. The molecule has 0 amide bonds. The Labute approximate surface area is 82.6 Å². The number of phenolic OH excluding ortho intramolecular Hbond substituents is 1. The number of aliphatic hydroxyl groups is 2. The van der Waals surface area contributed by atoms with E-state index in [2.05, 4.69) is 0 Å². The Balaban J connectivity index is 2.68. The van der Waals surface area contributed by atoms with Crippen LogP contribution in [0.15, 0.2) is 24.3 Å². The van der Waals surface area contributed by atoms with Crippen LogP contribution in [-0.4, -0.2) is 28.0 Å². The Morgan fingerprint density at radius 3 is 2.21 bits per heavy atom. The van der Waals surface area contributed by atoms with Gasteiger partial charge in [0, 0.05) is 0 Å². The number of hydrogen-bond acceptors (Lipinski definition) is 4. The van der Waals surface area contributed by atoms with E-state index in [1.54, 1.807) is 12.1 Å². The van der Waals surface area contributed by atoms with Gasteiger partial charge in [0.1, 0.15) is 11.9 Å². The molecular weight excluding hydrogens is 182 g/mol. The van der Waals surface area contributed by atoms with Crippen molar-refractivity contribution < 1.29 is 15.3 Å². The lowest BCUT2D eigenvalue weighted by Crippen LogP contribution is -2.21. The maximum atomic E-state index is 9.62. The molecule has 0 saturated carbocycles. The van der Waals surface area contributed by atoms with Crippen molar-refractivity contribution in [3.63, 3.8) is 0 Å². The van der Waals surface area contributed by atoms with Gasteiger partial charge in [0.05, 0.1) is 6.10 Å². The van der Waals surface area contributed by atoms with Gasteiger partial charge in [-0.05, 0) is 30.7 Å². The summed E-state index contributed by atoms with van der Waals surface area (Å²) in [5, 5.41) is 28.1. The smallest absolute Gasteiger partial charge is 0.115 e. The van der Waals surface area contributed by atoms with Crippen LogP contribution >= 0.6 is 0 Å². The molecule has 0 aromatic heterocycles. The number of phenols is 1. The Kier molecular flexibility index (Phi) is 3.88. The van der Waals surface area contributed by atoms with Crippen LogP contribution in [0.1, 0.15) is 18.1 Å². The Hall–Kier alpha value is -1.10. The highest BCUT2D eigenvalue weighted by Gasteiger charge is 2.16. The van der Waals surface area contributed by atoms with Gasteiger partial charge in [-0.15, -0.1) is 0 Å². The SMILES string of the molecule is NCCC(O)C(O)c1ccc(O)cc1. The van der Waals surface area contributed by atoms with Gasteiger partial charge in [-0.3, -0.25) is 0 Å². The molecule has 2 unspecified atom stereocenters. The Morgan fingerprint density at radius 1 is 1.14 bits per heavy atom. The summed E-state index contributed by atoms with van der Waals surface area (Å²) in [5.74, 6) is 0.134. The van der Waals surface area contributed by atoms with E-state index < -0.39 is 12.2 Å². The van der Waals surface area contributed by atoms with Gasteiger partial charge in [0.15, 0.2) is 0 Å². The molecule has 4 nitrogen and oxygen atoms in total. The molecule has 78 valence electrons. The summed E-state index contributed by atoms with van der Waals surface area (Å²) in [7, 11) is 0. The predicted octanol–water partition coefficient (Wildman–Crippen LogP) is 0.135. The van der Waals surface area contributed by atoms with E-state index in [0.717, 1.165) is 0 Å². The highest BCUT2D eigenvalue weighted by atomic mass is 16.3. The second-order valence-corrected chi connectivity index (χ2v) is 3.18. The molecule has 4 heteroatoms. The first-order valence-electron chi connectivity index (χ1n) is 4.50. The van der Waals surface area contributed by atoms with Crippen molar-refractivity contribution in [1.82, 2.24) is 0 Å². The third-order valence-electron chi connectivity index (χ3n) is 2.06. The van der Waals surface area contributed by atoms with E-state index in [9.17, 15) is 10.2 Å². The van der Waals surface area contributed by atoms with Crippen LogP contribution in [0.5, 0.6) is 5.75 Å². The summed E-state index contributed by atoms with van der Waals surface area (Å²) in [5.41, 5.74) is 5.83. The van der Waals surface area contributed by atoms with Crippen LogP contribution in [0.3, 0.4) is 0 Å². The first-order valence-corrected chi connectivity index (χ1v) is 4.50. The quantitative estimate of drug-likeness (QED) is 0.553. The van der Waals surface area contributed by atoms with Gasteiger partial charge in [-0.2, -0.15) is 0 Å². The molecule has 0 bridgehead atoms. The zero-order valence-corrected chi connectivity index (χ0v) is 7.80. The zero-order chi connectivity index (χ0) is 10.6. The summed E-state index contributed by atoms with van der Waals surface area (Å²) < 4.78 is 0. The number of aliphatic hydroxyl groups excluding tert-OH is 2. The normalized spacial score (nSPS) is 15.1. The second kappa shape index (κ2) is 4.95. The average molecular weight is 197 g/mol. The summed E-state index contributed by atoms with van der Waals surface area (Å²) >= 11 is 0. The molecule has 1 aromatic carbocycles. The number of benzene rings is 1. The van der Waals surface area contributed by atoms with Crippen molar-refractivity contribution in [2.24, 2.45) is 5.73 Å². The topological polar surface area (TPSA) is 86.7 Å². The molecule has 0 aliphatic rings. The number of hydrogen-bond donors (Lipinski definition) is 4. The first-order chi connectivity index (χ1) is 6.65. The molecule has 0 saturated heterocycles. The van der Waals surface area contributed by atoms with Gasteiger partial charge < -0.3 is 21.1 Å². The lowest BCUT2D eigenvalue weighted by Gasteiger charge is -2.17. The number of aromatic hydroxyl groups is 1. The lowest BCUT2D eigenvalue weighted by atomic mass is 10.0. The van der Waals surface area contributed by atoms with E-state index in [1.807, 2.05) is 0 Å². The molecule has 1 aromatic rings. The average Bonchev–Trinajstić information content (AvgIpc) is 2.18. The Bertz CT molecular complexity index is 273. The van der Waals surface area contributed by atoms with E-state index in [1.165, 1.54) is 12.1 Å². The molecule has 0 spiro atoms. The minimum atomic E-state index is -0.945. The fraction of sp³-hybridized carbons (Fsp3) is 0.400. The van der Waals surface area contributed by atoms with Crippen molar-refractivity contribution in [1.29, 1.82) is 0 Å². The molecule has 0 radical (unpaired) electrons. The zero-order valence-electron chi connectivity index (χ0n) is 7.80. The van der Waals surface area contributed by atoms with Crippen LogP contribution in [-0.2, 0) is 0 Å². The van der Waals surface area contributed by atoms with Gasteiger partial charge in [-0.1, -0.05) is 12.1 Å². The van der Waals surface area contributed by atoms with Gasteiger partial charge in [0.25, 0.3) is 0 Å². The van der Waals surface area contributed by atoms with E-state index >= 15 is 0 Å². The highest BCUT2D eigenvalue weighted by molar-refractivity contribution is 5.27. The van der Waals surface area contributed by atoms with Crippen molar-refractivity contribution in [2.45, 2.75) is 18.6 Å². The molecule has 0 aliphatic heterocycles. The van der Waals surface area contributed by atoms with Crippen LogP contribution in [0, 0.1) is 0 Å². The molecule has 5 N–H and O–H groups in total. The lowest BCUT2D eigenvalue weighted by molar-refractivity contribution is 0.0150. The molecule has 1 rings (SSSR count). The largest absolute Gasteiger partial charge is 0.508 e. The predicted molar refractivity (Wildman–Crippen MR) is 52.7 cm³/mol. The van der Waals surface area contributed by atoms with Crippen molar-refractivity contribution >= 4 is 0 Å². The van der Waals surface area contributed by atoms with Crippen molar-refractivity contribution in [3.8, 4) is 5.75 Å². The molecule has 2 atom stereocenters. The molecular formula is C10H15NO3. The fourth-order valence-corrected chi connectivity index (χ4v) is 1.22. The number of nitrogens with two attached hydrogens (primary N) is 1. The van der Waals surface area contributed by atoms with Crippen molar-refractivity contribution in [3.05, 3.63) is 29.8 Å². The second-order valence-electron chi connectivity index (χ2n) is 3.18. The van der Waals surface area contributed by atoms with Crippen LogP contribution in [0.4, 0.5) is 0 Å². The van der Waals surface area contributed by atoms with E-state index in [0.29, 0.717) is 18.5 Å². The maximum Gasteiger partial charge on any atom is 0.115 e.